The molecular formula is C33H31N4O+. The Morgan fingerprint density at radius 3 is 2.24 bits per heavy atom. The van der Waals surface area contributed by atoms with Gasteiger partial charge in [0.15, 0.2) is 6.20 Å². The maximum absolute atomic E-state index is 6.53. The molecule has 0 spiro atoms. The topological polar surface area (TPSA) is 42.7 Å². The first kappa shape index (κ1) is 23.9. The number of benzene rings is 3. The second kappa shape index (κ2) is 9.77. The number of aromatic nitrogens is 2. The molecule has 2 heterocycles. The predicted molar refractivity (Wildman–Crippen MR) is 154 cm³/mol. The molecule has 5 nitrogen and oxygen atoms in total. The molecule has 5 heteroatoms. The minimum Gasteiger partial charge on any atom is -0.456 e. The number of likely N-dealkylation sites (N-methyl/N-ethyl adjacent to an activating group) is 1. The molecule has 0 saturated carbocycles. The van der Waals surface area contributed by atoms with Crippen LogP contribution < -0.4 is 14.6 Å². The van der Waals surface area contributed by atoms with Gasteiger partial charge in [0.2, 0.25) is 5.69 Å². The maximum atomic E-state index is 6.53. The average molecular weight is 500 g/mol. The van der Waals surface area contributed by atoms with Crippen LogP contribution in [0.2, 0.25) is 0 Å². The van der Waals surface area contributed by atoms with Crippen molar-refractivity contribution >= 4 is 11.3 Å². The number of hydrogen-bond donors (Lipinski definition) is 0. The molecule has 3 aromatic carbocycles. The zero-order valence-corrected chi connectivity index (χ0v) is 22.1. The molecule has 4 aromatic rings. The Bertz CT molecular complexity index is 1580. The first-order valence-corrected chi connectivity index (χ1v) is 12.8. The molecule has 0 saturated heterocycles. The van der Waals surface area contributed by atoms with Gasteiger partial charge in [0.25, 0.3) is 0 Å². The summed E-state index contributed by atoms with van der Waals surface area (Å²) in [6, 6.07) is 27.3. The summed E-state index contributed by atoms with van der Waals surface area (Å²) in [4.78, 5) is 13.2. The van der Waals surface area contributed by atoms with Crippen LogP contribution >= 0.6 is 0 Å². The Hall–Kier alpha value is -4.48. The molecule has 0 bridgehead atoms. The van der Waals surface area contributed by atoms with E-state index in [2.05, 4.69) is 114 Å². The van der Waals surface area contributed by atoms with Gasteiger partial charge in [0, 0.05) is 59.7 Å². The number of allylic oxidation sites excluding steroid dienone is 1. The van der Waals surface area contributed by atoms with Crippen molar-refractivity contribution in [3.05, 3.63) is 126 Å². The third kappa shape index (κ3) is 4.31. The van der Waals surface area contributed by atoms with Gasteiger partial charge in [-0.3, -0.25) is 4.90 Å². The van der Waals surface area contributed by atoms with E-state index in [-0.39, 0.29) is 6.04 Å². The van der Waals surface area contributed by atoms with E-state index in [1.54, 1.807) is 0 Å². The van der Waals surface area contributed by atoms with Crippen molar-refractivity contribution in [3.8, 4) is 28.3 Å². The van der Waals surface area contributed by atoms with E-state index in [9.17, 15) is 0 Å². The van der Waals surface area contributed by atoms with E-state index in [0.29, 0.717) is 0 Å². The third-order valence-corrected chi connectivity index (χ3v) is 7.07. The summed E-state index contributed by atoms with van der Waals surface area (Å²) < 4.78 is 6.53. The van der Waals surface area contributed by atoms with Crippen LogP contribution in [0.25, 0.3) is 28.1 Å². The highest BCUT2D eigenvalue weighted by molar-refractivity contribution is 5.90. The van der Waals surface area contributed by atoms with E-state index in [1.165, 1.54) is 0 Å². The normalized spacial score (nSPS) is 16.0. The van der Waals surface area contributed by atoms with Crippen molar-refractivity contribution < 1.29 is 9.72 Å². The van der Waals surface area contributed by atoms with Crippen LogP contribution in [-0.4, -0.2) is 44.1 Å². The molecule has 0 radical (unpaired) electrons. The minimum absolute atomic E-state index is 0.161. The Morgan fingerprint density at radius 1 is 0.842 bits per heavy atom. The first-order valence-electron chi connectivity index (χ1n) is 12.8. The SMILES string of the molecule is CN(C)c1ccc2c(c1)OC1=CC(N(C)C)C=CC1=C2c1c[nH+]c(-c2ccccc2)c(-c2ccccc2)n1. The monoisotopic (exact) mass is 499 g/mol. The van der Waals surface area contributed by atoms with Gasteiger partial charge >= 0.3 is 0 Å². The Balaban J connectivity index is 1.59. The zero-order valence-electron chi connectivity index (χ0n) is 22.1. The van der Waals surface area contributed by atoms with Crippen molar-refractivity contribution in [3.63, 3.8) is 0 Å². The Morgan fingerprint density at radius 2 is 1.55 bits per heavy atom. The number of hydrogen-bond acceptors (Lipinski definition) is 4. The molecule has 1 aromatic heterocycles. The summed E-state index contributed by atoms with van der Waals surface area (Å²) in [5.41, 5.74) is 9.16. The van der Waals surface area contributed by atoms with E-state index in [4.69, 9.17) is 9.72 Å². The number of H-pyrrole nitrogens is 1. The highest BCUT2D eigenvalue weighted by Gasteiger charge is 2.30. The molecule has 0 amide bonds. The van der Waals surface area contributed by atoms with Crippen LogP contribution in [-0.2, 0) is 0 Å². The minimum atomic E-state index is 0.161. The molecule has 1 N–H and O–H groups in total. The molecule has 1 atom stereocenters. The zero-order chi connectivity index (χ0) is 26.2. The quantitative estimate of drug-likeness (QED) is 0.344. The summed E-state index contributed by atoms with van der Waals surface area (Å²) in [7, 11) is 8.24. The fraction of sp³-hybridized carbons (Fsp3) is 0.152. The smallest absolute Gasteiger partial charge is 0.237 e. The van der Waals surface area contributed by atoms with Gasteiger partial charge in [0.05, 0.1) is 0 Å². The number of aromatic amines is 1. The second-order valence-corrected chi connectivity index (χ2v) is 10.1. The number of nitrogens with one attached hydrogen (secondary N) is 1. The molecule has 188 valence electrons. The van der Waals surface area contributed by atoms with Crippen molar-refractivity contribution in [2.45, 2.75) is 6.04 Å². The van der Waals surface area contributed by atoms with Gasteiger partial charge in [0.1, 0.15) is 22.9 Å². The second-order valence-electron chi connectivity index (χ2n) is 10.1. The van der Waals surface area contributed by atoms with Gasteiger partial charge in [-0.25, -0.2) is 9.97 Å². The van der Waals surface area contributed by atoms with Gasteiger partial charge in [-0.2, -0.15) is 0 Å². The summed E-state index contributed by atoms with van der Waals surface area (Å²) in [6.07, 6.45) is 8.59. The van der Waals surface area contributed by atoms with Gasteiger partial charge < -0.3 is 9.64 Å². The number of ether oxygens (including phenoxy) is 1. The lowest BCUT2D eigenvalue weighted by Gasteiger charge is -2.30. The molecule has 2 aliphatic rings. The lowest BCUT2D eigenvalue weighted by atomic mass is 9.89. The summed E-state index contributed by atoms with van der Waals surface area (Å²) in [5, 5.41) is 0. The van der Waals surface area contributed by atoms with Gasteiger partial charge in [-0.15, -0.1) is 0 Å². The van der Waals surface area contributed by atoms with Crippen molar-refractivity contribution in [1.29, 1.82) is 0 Å². The van der Waals surface area contributed by atoms with Crippen LogP contribution in [0.3, 0.4) is 0 Å². The van der Waals surface area contributed by atoms with Gasteiger partial charge in [-0.05, 0) is 44.4 Å². The lowest BCUT2D eigenvalue weighted by molar-refractivity contribution is -0.365. The maximum Gasteiger partial charge on any atom is 0.237 e. The highest BCUT2D eigenvalue weighted by Crippen LogP contribution is 2.44. The Labute approximate surface area is 224 Å². The van der Waals surface area contributed by atoms with Gasteiger partial charge in [-0.1, -0.05) is 60.7 Å². The fourth-order valence-corrected chi connectivity index (χ4v) is 4.99. The highest BCUT2D eigenvalue weighted by atomic mass is 16.5. The summed E-state index contributed by atoms with van der Waals surface area (Å²) >= 11 is 0. The molecular weight excluding hydrogens is 468 g/mol. The van der Waals surface area contributed by atoms with Crippen LogP contribution in [0, 0.1) is 0 Å². The molecule has 1 unspecified atom stereocenters. The lowest BCUT2D eigenvalue weighted by Crippen LogP contribution is -2.27. The standard InChI is InChI=1S/C33H30N4O/c1-36(2)24-15-17-26-29(19-24)38-30-20-25(37(3)4)16-18-27(30)31(26)28-21-34-32(22-11-7-5-8-12-22)33(35-28)23-13-9-6-10-14-23/h5-21,24H,1-4H3/p+1. The fourth-order valence-electron chi connectivity index (χ4n) is 4.99. The summed E-state index contributed by atoms with van der Waals surface area (Å²) in [6.45, 7) is 0. The van der Waals surface area contributed by atoms with Crippen molar-refractivity contribution in [2.75, 3.05) is 33.1 Å². The predicted octanol–water partition coefficient (Wildman–Crippen LogP) is 5.87. The van der Waals surface area contributed by atoms with Crippen LogP contribution in [0.1, 0.15) is 11.3 Å². The average Bonchev–Trinajstić information content (AvgIpc) is 2.95. The van der Waals surface area contributed by atoms with Crippen LogP contribution in [0.5, 0.6) is 5.75 Å². The number of fused-ring (bicyclic) bond motifs is 2. The molecule has 1 aliphatic heterocycles. The number of rotatable bonds is 5. The van der Waals surface area contributed by atoms with E-state index in [0.717, 1.165) is 62.1 Å². The van der Waals surface area contributed by atoms with Crippen LogP contribution in [0.15, 0.2) is 115 Å². The van der Waals surface area contributed by atoms with Crippen molar-refractivity contribution in [1.82, 2.24) is 9.88 Å². The largest absolute Gasteiger partial charge is 0.456 e. The van der Waals surface area contributed by atoms with E-state index < -0.39 is 0 Å². The summed E-state index contributed by atoms with van der Waals surface area (Å²) in [5.74, 6) is 1.70. The van der Waals surface area contributed by atoms with E-state index in [1.807, 2.05) is 32.4 Å². The van der Waals surface area contributed by atoms with E-state index >= 15 is 0 Å². The number of anilines is 1. The Kier molecular flexibility index (Phi) is 6.14. The molecule has 6 rings (SSSR count). The van der Waals surface area contributed by atoms with Crippen molar-refractivity contribution in [2.24, 2.45) is 0 Å². The third-order valence-electron chi connectivity index (χ3n) is 7.07. The van der Waals surface area contributed by atoms with Crippen LogP contribution in [0.4, 0.5) is 5.69 Å². The molecule has 0 fully saturated rings. The first-order chi connectivity index (χ1) is 18.5. The molecule has 1 aliphatic carbocycles. The molecule has 38 heavy (non-hydrogen) atoms. The number of nitrogens with zero attached hydrogens (tertiary/aromatic N) is 3.